The van der Waals surface area contributed by atoms with Crippen molar-refractivity contribution in [3.05, 3.63) is 34.4 Å². The summed E-state index contributed by atoms with van der Waals surface area (Å²) >= 11 is 0. The SMILES string of the molecule is CNc1n[nH]c(-c2n[nH]nc2C)c1-c1ccc(=O)[nH]c1. The summed E-state index contributed by atoms with van der Waals surface area (Å²) in [5, 5.41) is 20.9. The zero-order chi connectivity index (χ0) is 14.1. The minimum Gasteiger partial charge on any atom is -0.371 e. The quantitative estimate of drug-likeness (QED) is 0.565. The summed E-state index contributed by atoms with van der Waals surface area (Å²) < 4.78 is 0. The first-order valence-corrected chi connectivity index (χ1v) is 6.03. The highest BCUT2D eigenvalue weighted by atomic mass is 16.1. The Morgan fingerprint density at radius 2 is 2.05 bits per heavy atom. The van der Waals surface area contributed by atoms with Gasteiger partial charge in [-0.2, -0.15) is 20.5 Å². The minimum absolute atomic E-state index is 0.151. The molecule has 3 rings (SSSR count). The van der Waals surface area contributed by atoms with Gasteiger partial charge < -0.3 is 10.3 Å². The van der Waals surface area contributed by atoms with Gasteiger partial charge in [0.05, 0.1) is 17.0 Å². The normalized spacial score (nSPS) is 10.7. The fourth-order valence-corrected chi connectivity index (χ4v) is 2.06. The lowest BCUT2D eigenvalue weighted by Gasteiger charge is -2.04. The Labute approximate surface area is 113 Å². The molecule has 0 fully saturated rings. The predicted molar refractivity (Wildman–Crippen MR) is 74.3 cm³/mol. The van der Waals surface area contributed by atoms with E-state index >= 15 is 0 Å². The minimum atomic E-state index is -0.151. The molecule has 0 aromatic carbocycles. The molecule has 0 amide bonds. The summed E-state index contributed by atoms with van der Waals surface area (Å²) in [5.74, 6) is 0.675. The van der Waals surface area contributed by atoms with Crippen LogP contribution in [-0.4, -0.2) is 37.6 Å². The van der Waals surface area contributed by atoms with Crippen molar-refractivity contribution < 1.29 is 0 Å². The number of H-pyrrole nitrogens is 3. The highest BCUT2D eigenvalue weighted by Gasteiger charge is 2.19. The second-order valence-electron chi connectivity index (χ2n) is 4.27. The van der Waals surface area contributed by atoms with Crippen molar-refractivity contribution >= 4 is 5.82 Å². The monoisotopic (exact) mass is 271 g/mol. The predicted octanol–water partition coefficient (Wildman–Crippen LogP) is 0.900. The number of hydrogen-bond donors (Lipinski definition) is 4. The number of nitrogens with zero attached hydrogens (tertiary/aromatic N) is 3. The van der Waals surface area contributed by atoms with Crippen LogP contribution in [0.2, 0.25) is 0 Å². The van der Waals surface area contributed by atoms with Crippen molar-refractivity contribution in [2.45, 2.75) is 6.92 Å². The molecule has 4 N–H and O–H groups in total. The van der Waals surface area contributed by atoms with Gasteiger partial charge in [0, 0.05) is 24.9 Å². The smallest absolute Gasteiger partial charge is 0.247 e. The fraction of sp³-hybridized carbons (Fsp3) is 0.167. The van der Waals surface area contributed by atoms with Crippen LogP contribution in [0.1, 0.15) is 5.69 Å². The molecule has 20 heavy (non-hydrogen) atoms. The highest BCUT2D eigenvalue weighted by molar-refractivity contribution is 5.87. The van der Waals surface area contributed by atoms with Crippen LogP contribution in [0.4, 0.5) is 5.82 Å². The van der Waals surface area contributed by atoms with Crippen LogP contribution in [0, 0.1) is 6.92 Å². The average molecular weight is 271 g/mol. The number of pyridine rings is 1. The van der Waals surface area contributed by atoms with Gasteiger partial charge in [0.2, 0.25) is 5.56 Å². The van der Waals surface area contributed by atoms with Crippen molar-refractivity contribution in [2.24, 2.45) is 0 Å². The average Bonchev–Trinajstić information content (AvgIpc) is 3.05. The molecule has 0 atom stereocenters. The first kappa shape index (κ1) is 12.2. The molecule has 0 aliphatic heterocycles. The van der Waals surface area contributed by atoms with Crippen LogP contribution in [0.15, 0.2) is 23.1 Å². The summed E-state index contributed by atoms with van der Waals surface area (Å²) in [5.41, 5.74) is 3.72. The molecule has 8 nitrogen and oxygen atoms in total. The lowest BCUT2D eigenvalue weighted by atomic mass is 10.0. The van der Waals surface area contributed by atoms with Gasteiger partial charge in [-0.15, -0.1) is 0 Å². The third-order valence-electron chi connectivity index (χ3n) is 3.04. The van der Waals surface area contributed by atoms with Gasteiger partial charge in [-0.3, -0.25) is 9.89 Å². The van der Waals surface area contributed by atoms with E-state index in [4.69, 9.17) is 0 Å². The van der Waals surface area contributed by atoms with Crippen molar-refractivity contribution in [1.82, 2.24) is 30.6 Å². The standard InChI is InChI=1S/C12H13N7O/c1-6-10(17-19-15-6)11-9(12(13-2)18-16-11)7-3-4-8(20)14-5-7/h3-5H,1-2H3,(H,14,20)(H2,13,16,18)(H,15,17,19). The molecule has 0 unspecified atom stereocenters. The molecule has 0 saturated carbocycles. The van der Waals surface area contributed by atoms with Gasteiger partial charge in [0.15, 0.2) is 5.82 Å². The van der Waals surface area contributed by atoms with E-state index in [9.17, 15) is 4.79 Å². The van der Waals surface area contributed by atoms with Crippen molar-refractivity contribution in [3.63, 3.8) is 0 Å². The molecule has 8 heteroatoms. The van der Waals surface area contributed by atoms with Crippen molar-refractivity contribution in [2.75, 3.05) is 12.4 Å². The topological polar surface area (TPSA) is 115 Å². The van der Waals surface area contributed by atoms with Crippen LogP contribution in [-0.2, 0) is 0 Å². The molecule has 0 spiro atoms. The Bertz CT molecular complexity index is 778. The summed E-state index contributed by atoms with van der Waals surface area (Å²) in [7, 11) is 1.78. The third-order valence-corrected chi connectivity index (χ3v) is 3.04. The molecular weight excluding hydrogens is 258 g/mol. The van der Waals surface area contributed by atoms with Crippen LogP contribution in [0.5, 0.6) is 0 Å². The molecule has 3 heterocycles. The number of nitrogens with one attached hydrogen (secondary N) is 4. The van der Waals surface area contributed by atoms with E-state index in [1.54, 1.807) is 19.3 Å². The van der Waals surface area contributed by atoms with Gasteiger partial charge in [-0.25, -0.2) is 0 Å². The lowest BCUT2D eigenvalue weighted by molar-refractivity contribution is 0.928. The Hall–Kier alpha value is -2.90. The number of aromatic nitrogens is 6. The van der Waals surface area contributed by atoms with Crippen molar-refractivity contribution in [3.8, 4) is 22.5 Å². The molecular formula is C12H13N7O. The molecule has 0 bridgehead atoms. The maximum Gasteiger partial charge on any atom is 0.247 e. The Kier molecular flexibility index (Phi) is 2.82. The van der Waals surface area contributed by atoms with E-state index in [2.05, 4.69) is 35.9 Å². The Morgan fingerprint density at radius 1 is 1.20 bits per heavy atom. The second-order valence-corrected chi connectivity index (χ2v) is 4.27. The first-order valence-electron chi connectivity index (χ1n) is 6.03. The molecule has 0 radical (unpaired) electrons. The Morgan fingerprint density at radius 3 is 2.65 bits per heavy atom. The maximum absolute atomic E-state index is 11.2. The molecule has 0 saturated heterocycles. The molecule has 0 aliphatic rings. The molecule has 3 aromatic rings. The van der Waals surface area contributed by atoms with Crippen molar-refractivity contribution in [1.29, 1.82) is 0 Å². The molecule has 3 aromatic heterocycles. The Balaban J connectivity index is 2.23. The van der Waals surface area contributed by atoms with Crippen LogP contribution >= 0.6 is 0 Å². The summed E-state index contributed by atoms with van der Waals surface area (Å²) in [6.07, 6.45) is 1.65. The van der Waals surface area contributed by atoms with Crippen LogP contribution in [0.3, 0.4) is 0 Å². The van der Waals surface area contributed by atoms with E-state index in [1.165, 1.54) is 6.07 Å². The van der Waals surface area contributed by atoms with Gasteiger partial charge >= 0.3 is 0 Å². The number of hydrogen-bond acceptors (Lipinski definition) is 5. The lowest BCUT2D eigenvalue weighted by Crippen LogP contribution is -2.02. The van der Waals surface area contributed by atoms with Crippen LogP contribution < -0.4 is 10.9 Å². The number of aromatic amines is 3. The maximum atomic E-state index is 11.2. The number of aryl methyl sites for hydroxylation is 1. The largest absolute Gasteiger partial charge is 0.371 e. The van der Waals surface area contributed by atoms with Gasteiger partial charge in [0.25, 0.3) is 0 Å². The number of anilines is 1. The fourth-order valence-electron chi connectivity index (χ4n) is 2.06. The van der Waals surface area contributed by atoms with E-state index < -0.39 is 0 Å². The number of rotatable bonds is 3. The molecule has 102 valence electrons. The zero-order valence-electron chi connectivity index (χ0n) is 11.0. The van der Waals surface area contributed by atoms with Gasteiger partial charge in [-0.05, 0) is 13.0 Å². The summed E-state index contributed by atoms with van der Waals surface area (Å²) in [6, 6.07) is 3.21. The van der Waals surface area contributed by atoms with Gasteiger partial charge in [0.1, 0.15) is 5.69 Å². The summed E-state index contributed by atoms with van der Waals surface area (Å²) in [6.45, 7) is 1.86. The van der Waals surface area contributed by atoms with E-state index in [0.717, 1.165) is 22.5 Å². The first-order chi connectivity index (χ1) is 9.70. The van der Waals surface area contributed by atoms with Gasteiger partial charge in [-0.1, -0.05) is 0 Å². The highest BCUT2D eigenvalue weighted by Crippen LogP contribution is 2.34. The second kappa shape index (κ2) is 4.65. The zero-order valence-corrected chi connectivity index (χ0v) is 11.0. The van der Waals surface area contributed by atoms with Crippen LogP contribution in [0.25, 0.3) is 22.5 Å². The van der Waals surface area contributed by atoms with E-state index in [1.807, 2.05) is 6.92 Å². The van der Waals surface area contributed by atoms with E-state index in [-0.39, 0.29) is 5.56 Å². The van der Waals surface area contributed by atoms with E-state index in [0.29, 0.717) is 11.5 Å². The molecule has 0 aliphatic carbocycles. The summed E-state index contributed by atoms with van der Waals surface area (Å²) in [4.78, 5) is 13.8. The third kappa shape index (κ3) is 1.87.